The Hall–Kier alpha value is 0.110. The number of rotatable bonds is 4. The molecule has 2 heterocycles. The molecule has 0 spiro atoms. The van der Waals surface area contributed by atoms with Crippen LogP contribution in [-0.4, -0.2) is 69.8 Å². The van der Waals surface area contributed by atoms with Gasteiger partial charge in [-0.3, -0.25) is 0 Å². The quantitative estimate of drug-likeness (QED) is 0.518. The number of aliphatic hydroxyl groups is 3. The van der Waals surface area contributed by atoms with E-state index in [0.29, 0.717) is 0 Å². The highest BCUT2D eigenvalue weighted by Gasteiger charge is 2.50. The zero-order valence-electron chi connectivity index (χ0n) is 10.6. The van der Waals surface area contributed by atoms with Crippen molar-refractivity contribution < 1.29 is 24.8 Å². The highest BCUT2D eigenvalue weighted by Crippen LogP contribution is 2.36. The van der Waals surface area contributed by atoms with Gasteiger partial charge in [0, 0.05) is 12.3 Å². The lowest BCUT2D eigenvalue weighted by Crippen LogP contribution is -2.49. The fourth-order valence-electron chi connectivity index (χ4n) is 2.30. The van der Waals surface area contributed by atoms with Crippen molar-refractivity contribution in [2.45, 2.75) is 49.4 Å². The van der Waals surface area contributed by atoms with Crippen LogP contribution in [-0.2, 0) is 9.47 Å². The van der Waals surface area contributed by atoms with E-state index in [1.165, 1.54) is 0 Å². The first-order valence-electron chi connectivity index (χ1n) is 6.12. The Kier molecular flexibility index (Phi) is 4.53. The predicted molar refractivity (Wildman–Crippen MR) is 67.2 cm³/mol. The molecular formula is C11H21NO5S. The van der Waals surface area contributed by atoms with Crippen molar-refractivity contribution in [3.05, 3.63) is 0 Å². The molecule has 0 saturated carbocycles. The van der Waals surface area contributed by atoms with Crippen molar-refractivity contribution >= 4 is 11.8 Å². The number of hydrogen-bond donors (Lipinski definition) is 4. The minimum absolute atomic E-state index is 0.0392. The Morgan fingerprint density at radius 2 is 2.11 bits per heavy atom. The summed E-state index contributed by atoms with van der Waals surface area (Å²) in [5.74, 6) is 0.187. The maximum absolute atomic E-state index is 10.0. The number of ether oxygens (including phenoxy) is 2. The smallest absolute Gasteiger partial charge is 0.164 e. The van der Waals surface area contributed by atoms with Crippen molar-refractivity contribution in [3.63, 3.8) is 0 Å². The first-order chi connectivity index (χ1) is 8.44. The van der Waals surface area contributed by atoms with Gasteiger partial charge in [-0.1, -0.05) is 0 Å². The van der Waals surface area contributed by atoms with Gasteiger partial charge >= 0.3 is 0 Å². The third-order valence-corrected chi connectivity index (χ3v) is 4.36. The number of hydrogen-bond acceptors (Lipinski definition) is 7. The maximum atomic E-state index is 10.0. The van der Waals surface area contributed by atoms with Gasteiger partial charge in [0.05, 0.1) is 12.0 Å². The molecule has 0 radical (unpaired) electrons. The molecule has 2 aliphatic heterocycles. The van der Waals surface area contributed by atoms with E-state index in [1.807, 2.05) is 0 Å². The summed E-state index contributed by atoms with van der Waals surface area (Å²) in [6.07, 6.45) is -3.37. The summed E-state index contributed by atoms with van der Waals surface area (Å²) in [5, 5.41) is 31.8. The van der Waals surface area contributed by atoms with Gasteiger partial charge in [-0.25, -0.2) is 0 Å². The number of nitrogens with one attached hydrogen (secondary N) is 1. The molecule has 0 amide bonds. The molecule has 2 rings (SSSR count). The lowest BCUT2D eigenvalue weighted by atomic mass is 10.0. The highest BCUT2D eigenvalue weighted by atomic mass is 32.2. The third kappa shape index (κ3) is 2.98. The van der Waals surface area contributed by atoms with Crippen molar-refractivity contribution in [1.82, 2.24) is 5.32 Å². The van der Waals surface area contributed by atoms with Crippen LogP contribution in [0.5, 0.6) is 0 Å². The van der Waals surface area contributed by atoms with Crippen LogP contribution in [0.15, 0.2) is 0 Å². The number of thioether (sulfide) groups is 1. The Morgan fingerprint density at radius 1 is 1.39 bits per heavy atom. The van der Waals surface area contributed by atoms with E-state index >= 15 is 0 Å². The third-order valence-electron chi connectivity index (χ3n) is 3.12. The zero-order valence-corrected chi connectivity index (χ0v) is 11.4. The molecule has 4 N–H and O–H groups in total. The maximum Gasteiger partial charge on any atom is 0.164 e. The first-order valence-corrected chi connectivity index (χ1v) is 7.17. The molecule has 6 nitrogen and oxygen atoms in total. The van der Waals surface area contributed by atoms with Gasteiger partial charge in [-0.15, -0.1) is 11.8 Å². The molecule has 2 fully saturated rings. The largest absolute Gasteiger partial charge is 0.394 e. The van der Waals surface area contributed by atoms with Gasteiger partial charge in [-0.05, 0) is 13.8 Å². The molecule has 0 aliphatic carbocycles. The predicted octanol–water partition coefficient (Wildman–Crippen LogP) is -1.12. The van der Waals surface area contributed by atoms with E-state index in [1.54, 1.807) is 25.6 Å². The SMILES string of the molecule is CC1(C)O[C@@H]([C@H](O)[C@H](O)CO)[C@@H](C2NCCS2)O1. The van der Waals surface area contributed by atoms with Crippen LogP contribution in [0.4, 0.5) is 0 Å². The van der Waals surface area contributed by atoms with Gasteiger partial charge in [0.25, 0.3) is 0 Å². The molecule has 1 unspecified atom stereocenters. The van der Waals surface area contributed by atoms with Crippen molar-refractivity contribution in [1.29, 1.82) is 0 Å². The van der Waals surface area contributed by atoms with Gasteiger partial charge in [0.15, 0.2) is 5.79 Å². The second-order valence-corrected chi connectivity index (χ2v) is 6.30. The summed E-state index contributed by atoms with van der Waals surface area (Å²) in [7, 11) is 0. The molecule has 106 valence electrons. The van der Waals surface area contributed by atoms with Gasteiger partial charge in [-0.2, -0.15) is 0 Å². The second kappa shape index (κ2) is 5.62. The molecule has 0 aromatic carbocycles. The monoisotopic (exact) mass is 279 g/mol. The molecule has 0 aromatic rings. The van der Waals surface area contributed by atoms with Crippen LogP contribution in [0, 0.1) is 0 Å². The topological polar surface area (TPSA) is 91.2 Å². The van der Waals surface area contributed by atoms with Crippen LogP contribution < -0.4 is 5.32 Å². The standard InChI is InChI=1S/C11H21NO5S/c1-11(2)16-8(7(15)6(14)5-13)9(17-11)10-12-3-4-18-10/h6-10,12-15H,3-5H2,1-2H3/t6-,7-,8+,9+,10?/m1/s1. The summed E-state index contributed by atoms with van der Waals surface area (Å²) in [4.78, 5) is 0. The lowest BCUT2D eigenvalue weighted by Gasteiger charge is -2.27. The van der Waals surface area contributed by atoms with Crippen LogP contribution in [0.1, 0.15) is 13.8 Å². The molecule has 18 heavy (non-hydrogen) atoms. The summed E-state index contributed by atoms with van der Waals surface area (Å²) < 4.78 is 11.5. The van der Waals surface area contributed by atoms with Crippen molar-refractivity contribution in [2.24, 2.45) is 0 Å². The van der Waals surface area contributed by atoms with Crippen LogP contribution in [0.2, 0.25) is 0 Å². The molecular weight excluding hydrogens is 258 g/mol. The van der Waals surface area contributed by atoms with E-state index in [9.17, 15) is 10.2 Å². The second-order valence-electron chi connectivity index (χ2n) is 5.05. The summed E-state index contributed by atoms with van der Waals surface area (Å²) in [6, 6.07) is 0. The molecule has 7 heteroatoms. The normalized spacial score (nSPS) is 38.8. The number of aliphatic hydroxyl groups excluding tert-OH is 3. The Labute approximate surface area is 111 Å². The first kappa shape index (κ1) is 14.5. The Balaban J connectivity index is 2.09. The van der Waals surface area contributed by atoms with E-state index in [0.717, 1.165) is 12.3 Å². The van der Waals surface area contributed by atoms with Crippen molar-refractivity contribution in [3.8, 4) is 0 Å². The van der Waals surface area contributed by atoms with E-state index in [4.69, 9.17) is 14.6 Å². The van der Waals surface area contributed by atoms with Crippen molar-refractivity contribution in [2.75, 3.05) is 18.9 Å². The van der Waals surface area contributed by atoms with Crippen LogP contribution >= 0.6 is 11.8 Å². The van der Waals surface area contributed by atoms with E-state index < -0.39 is 30.7 Å². The average Bonchev–Trinajstić information content (AvgIpc) is 2.93. The van der Waals surface area contributed by atoms with Gasteiger partial charge < -0.3 is 30.1 Å². The van der Waals surface area contributed by atoms with E-state index in [-0.39, 0.29) is 11.5 Å². The minimum atomic E-state index is -1.22. The molecule has 2 saturated heterocycles. The Morgan fingerprint density at radius 3 is 2.67 bits per heavy atom. The Bertz CT molecular complexity index is 285. The van der Waals surface area contributed by atoms with Crippen LogP contribution in [0.25, 0.3) is 0 Å². The van der Waals surface area contributed by atoms with Gasteiger partial charge in [0.2, 0.25) is 0 Å². The molecule has 0 aromatic heterocycles. The average molecular weight is 279 g/mol. The molecule has 5 atom stereocenters. The zero-order chi connectivity index (χ0) is 13.3. The minimum Gasteiger partial charge on any atom is -0.394 e. The van der Waals surface area contributed by atoms with Crippen LogP contribution in [0.3, 0.4) is 0 Å². The van der Waals surface area contributed by atoms with Gasteiger partial charge in [0.1, 0.15) is 24.4 Å². The summed E-state index contributed by atoms with van der Waals surface area (Å²) in [6.45, 7) is 3.94. The van der Waals surface area contributed by atoms with E-state index in [2.05, 4.69) is 5.32 Å². The lowest BCUT2D eigenvalue weighted by molar-refractivity contribution is -0.164. The molecule has 0 bridgehead atoms. The fraction of sp³-hybridized carbons (Fsp3) is 1.00. The summed E-state index contributed by atoms with van der Waals surface area (Å²) in [5.41, 5.74) is 0. The highest BCUT2D eigenvalue weighted by molar-refractivity contribution is 8.00. The molecule has 2 aliphatic rings. The summed E-state index contributed by atoms with van der Waals surface area (Å²) >= 11 is 1.71. The fourth-order valence-corrected chi connectivity index (χ4v) is 3.42.